The SMILES string of the molecule is CC(C)(C)OC(=O)N(C(=O)OC(C)(C)C)c1noc2cc(CBr)c(Cl)cc12.CC(C)(C)OC(=O)N(C(=O)OC(C)(C)C)c1noc2cc(COc3ccc(F)c(Cl)c3)c(Cl)cc12.CS(=O)(=O)Nc1noc2cc(COc3ccc(F)c(Cl)c3)c(Cl)cc12.Nc1noc2cc(COc3ccc(F)c(Cl)c3)c(Cl)cc12.Oc1ccc(F)c(Cl)c1. The van der Waals surface area contributed by atoms with Gasteiger partial charge in [-0.25, -0.2) is 45.2 Å². The highest BCUT2D eigenvalue weighted by Crippen LogP contribution is 2.39. The van der Waals surface area contributed by atoms with E-state index in [1.54, 1.807) is 119 Å². The number of nitrogens with zero attached hydrogens (tertiary/aromatic N) is 6. The molecule has 0 atom stereocenters. The Balaban J connectivity index is 0.000000190. The number of fused-ring (bicyclic) bond motifs is 4. The van der Waals surface area contributed by atoms with Gasteiger partial charge in [-0.2, -0.15) is 9.80 Å². The van der Waals surface area contributed by atoms with Crippen molar-refractivity contribution in [2.24, 2.45) is 0 Å². The number of rotatable bonds is 14. The number of halogens is 13. The molecule has 12 aromatic rings. The molecule has 117 heavy (non-hydrogen) atoms. The van der Waals surface area contributed by atoms with Crippen LogP contribution in [-0.4, -0.2) is 87.2 Å². The van der Waals surface area contributed by atoms with Crippen LogP contribution in [0.1, 0.15) is 105 Å². The number of anilines is 4. The van der Waals surface area contributed by atoms with Crippen molar-refractivity contribution in [1.29, 1.82) is 0 Å². The molecule has 0 saturated heterocycles. The smallest absolute Gasteiger partial charge is 0.425 e. The second kappa shape index (κ2) is 38.9. The van der Waals surface area contributed by atoms with Crippen LogP contribution in [0.15, 0.2) is 139 Å². The Morgan fingerprint density at radius 1 is 0.427 bits per heavy atom. The largest absolute Gasteiger partial charge is 0.508 e. The topological polar surface area (TPSA) is 336 Å². The summed E-state index contributed by atoms with van der Waals surface area (Å²) < 4.78 is 136. The molecule has 0 aliphatic carbocycles. The molecule has 0 fully saturated rings. The van der Waals surface area contributed by atoms with E-state index >= 15 is 0 Å². The van der Waals surface area contributed by atoms with Gasteiger partial charge in [0.25, 0.3) is 0 Å². The van der Waals surface area contributed by atoms with Gasteiger partial charge >= 0.3 is 24.4 Å². The lowest BCUT2D eigenvalue weighted by molar-refractivity contribution is 0.0406. The highest BCUT2D eigenvalue weighted by Gasteiger charge is 2.38. The molecule has 26 nitrogen and oxygen atoms in total. The van der Waals surface area contributed by atoms with Gasteiger partial charge in [-0.1, -0.05) is 129 Å². The number of benzene rings is 8. The fourth-order valence-electron chi connectivity index (χ4n) is 9.39. The molecule has 0 saturated carbocycles. The fourth-order valence-corrected chi connectivity index (χ4v) is 12.1. The first kappa shape index (κ1) is 92.9. The Morgan fingerprint density at radius 2 is 0.718 bits per heavy atom. The number of hydrogen-bond acceptors (Lipinski definition) is 23. The number of imide groups is 2. The molecule has 0 unspecified atom stereocenters. The zero-order valence-corrected chi connectivity index (χ0v) is 72.3. The third kappa shape index (κ3) is 26.7. The van der Waals surface area contributed by atoms with Gasteiger partial charge in [-0.15, -0.1) is 0 Å². The third-order valence-electron chi connectivity index (χ3n) is 14.5. The van der Waals surface area contributed by atoms with Gasteiger partial charge in [0.2, 0.25) is 10.0 Å². The summed E-state index contributed by atoms with van der Waals surface area (Å²) in [6.45, 7) is 20.4. The normalized spacial score (nSPS) is 11.6. The van der Waals surface area contributed by atoms with Gasteiger partial charge in [0.15, 0.2) is 45.6 Å². The predicted octanol–water partition coefficient (Wildman–Crippen LogP) is 24.4. The maximum Gasteiger partial charge on any atom is 0.425 e. The molecular formula is C77H71BrCl8F4N8O18S. The first-order valence-electron chi connectivity index (χ1n) is 33.9. The molecule has 0 spiro atoms. The van der Waals surface area contributed by atoms with Gasteiger partial charge < -0.3 is 62.1 Å². The van der Waals surface area contributed by atoms with Gasteiger partial charge in [0.1, 0.15) is 88.5 Å². The van der Waals surface area contributed by atoms with Crippen LogP contribution in [0, 0.1) is 23.3 Å². The van der Waals surface area contributed by atoms with Crippen LogP contribution < -0.4 is 34.5 Å². The van der Waals surface area contributed by atoms with E-state index < -0.39 is 80.1 Å². The Morgan fingerprint density at radius 3 is 1.04 bits per heavy atom. The van der Waals surface area contributed by atoms with Crippen molar-refractivity contribution in [3.8, 4) is 23.0 Å². The van der Waals surface area contributed by atoms with Crippen LogP contribution >= 0.6 is 109 Å². The van der Waals surface area contributed by atoms with Crippen molar-refractivity contribution in [2.75, 3.05) is 26.5 Å². The number of sulfonamides is 1. The molecule has 4 amide bonds. The van der Waals surface area contributed by atoms with Crippen LogP contribution in [0.3, 0.4) is 0 Å². The molecule has 4 aromatic heterocycles. The lowest BCUT2D eigenvalue weighted by Gasteiger charge is -2.27. The van der Waals surface area contributed by atoms with E-state index in [0.29, 0.717) is 97.0 Å². The van der Waals surface area contributed by atoms with E-state index in [-0.39, 0.29) is 84.9 Å². The van der Waals surface area contributed by atoms with E-state index in [1.807, 2.05) is 0 Å². The molecule has 4 heterocycles. The zero-order valence-electron chi connectivity index (χ0n) is 63.8. The maximum atomic E-state index is 13.4. The molecule has 624 valence electrons. The number of phenolic OH excluding ortho intramolecular Hbond substituents is 1. The van der Waals surface area contributed by atoms with E-state index in [9.17, 15) is 45.2 Å². The zero-order chi connectivity index (χ0) is 86.7. The van der Waals surface area contributed by atoms with Gasteiger partial charge in [0, 0.05) is 66.4 Å². The molecule has 0 radical (unpaired) electrons. The number of amides is 4. The second-order valence-corrected chi connectivity index (χ2v) is 34.2. The maximum absolute atomic E-state index is 13.4. The average molecular weight is 1870 g/mol. The molecule has 8 aromatic carbocycles. The molecule has 40 heteroatoms. The van der Waals surface area contributed by atoms with Crippen molar-refractivity contribution in [3.63, 3.8) is 0 Å². The fraction of sp³-hybridized carbons (Fsp3) is 0.273. The van der Waals surface area contributed by atoms with E-state index in [2.05, 4.69) is 41.3 Å². The average Bonchev–Trinajstić information content (AvgIpc) is 1.66. The van der Waals surface area contributed by atoms with Crippen LogP contribution in [0.25, 0.3) is 43.9 Å². The second-order valence-electron chi connectivity index (χ2n) is 28.7. The monoisotopic (exact) mass is 1860 g/mol. The number of ether oxygens (including phenoxy) is 7. The minimum atomic E-state index is -3.50. The van der Waals surface area contributed by atoms with E-state index in [4.69, 9.17) is 155 Å². The molecule has 0 aliphatic heterocycles. The molecular weight excluding hydrogens is 1800 g/mol. The number of nitrogen functional groups attached to an aromatic ring is 1. The highest BCUT2D eigenvalue weighted by atomic mass is 79.9. The van der Waals surface area contributed by atoms with Gasteiger partial charge in [-0.05, 0) is 186 Å². The molecule has 0 aliphatic rings. The van der Waals surface area contributed by atoms with Crippen molar-refractivity contribution in [1.82, 2.24) is 20.6 Å². The summed E-state index contributed by atoms with van der Waals surface area (Å²) in [5.74, 6) is -0.840. The summed E-state index contributed by atoms with van der Waals surface area (Å²) >= 11 is 50.9. The van der Waals surface area contributed by atoms with Crippen molar-refractivity contribution in [3.05, 3.63) is 207 Å². The van der Waals surface area contributed by atoms with Gasteiger partial charge in [0.05, 0.1) is 47.9 Å². The van der Waals surface area contributed by atoms with Crippen LogP contribution in [0.4, 0.5) is 60.0 Å². The Bertz CT molecular complexity index is 5720. The van der Waals surface area contributed by atoms with Crippen LogP contribution in [0.2, 0.25) is 40.2 Å². The molecule has 12 rings (SSSR count). The van der Waals surface area contributed by atoms with Crippen LogP contribution in [-0.2, 0) is 54.1 Å². The number of aromatic hydroxyl groups is 1. The summed E-state index contributed by atoms with van der Waals surface area (Å²) in [5, 5.41) is 27.4. The Kier molecular flexibility index (Phi) is 30.9. The third-order valence-corrected chi connectivity index (χ3v) is 18.2. The van der Waals surface area contributed by atoms with Crippen LogP contribution in [0.5, 0.6) is 23.0 Å². The minimum absolute atomic E-state index is 0.00272. The number of phenols is 1. The molecule has 4 N–H and O–H groups in total. The summed E-state index contributed by atoms with van der Waals surface area (Å²) in [6.07, 6.45) is -2.82. The number of nitrogens with one attached hydrogen (secondary N) is 1. The number of alkyl halides is 1. The first-order valence-corrected chi connectivity index (χ1v) is 40.0. The number of aromatic nitrogens is 4. The minimum Gasteiger partial charge on any atom is -0.508 e. The summed E-state index contributed by atoms with van der Waals surface area (Å²) in [4.78, 5) is 52.7. The molecule has 0 bridgehead atoms. The van der Waals surface area contributed by atoms with Crippen molar-refractivity contribution >= 4 is 210 Å². The van der Waals surface area contributed by atoms with E-state index in [1.165, 1.54) is 72.8 Å². The first-order chi connectivity index (χ1) is 54.4. The Labute approximate surface area is 714 Å². The van der Waals surface area contributed by atoms with Crippen molar-refractivity contribution in [2.45, 2.75) is 131 Å². The summed E-state index contributed by atoms with van der Waals surface area (Å²) in [7, 11) is -3.50. The lowest BCUT2D eigenvalue weighted by atomic mass is 10.1. The number of nitrogens with two attached hydrogens (primary N) is 1. The summed E-state index contributed by atoms with van der Waals surface area (Å²) in [6, 6.07) is 28.4. The summed E-state index contributed by atoms with van der Waals surface area (Å²) in [5.41, 5.74) is 6.28. The Hall–Kier alpha value is -9.61. The number of carbonyl (C=O) groups excluding carboxylic acids is 4. The quantitative estimate of drug-likeness (QED) is 0.0517. The van der Waals surface area contributed by atoms with Crippen molar-refractivity contribution < 1.29 is 102 Å². The van der Waals surface area contributed by atoms with E-state index in [0.717, 1.165) is 24.0 Å². The highest BCUT2D eigenvalue weighted by molar-refractivity contribution is 9.08. The predicted molar refractivity (Wildman–Crippen MR) is 442 cm³/mol. The number of carbonyl (C=O) groups is 4. The lowest BCUT2D eigenvalue weighted by Crippen LogP contribution is -2.44. The number of hydrogen-bond donors (Lipinski definition) is 3. The standard InChI is InChI=1S/C24H25Cl2FN2O6.C18H22BrClN2O5.C15H11Cl2FN2O4S.C14H9Cl2FN2O2.C6H4ClFO/c1-23(2,3)33-21(30)29(22(31)34-24(4,5)6)20-15-11-16(25)13(9-19(15)35-28-20)12-32-14-7-8-18(27)17(26)10-14;1-17(2,3)25-15(23)22(16(24)26-18(4,5)6)14-11-8-12(20)10(9-19)7-13(11)27-21-14;1-25(21,22)20-15-10-6-11(16)8(4-14(10)24-19-15)7-23-9-2-3-13(18)12(17)5-9;15-10-5-9-13(21-19-14(9)18)3-7(10)6-20-8-1-2-12(17)11(16)4-8;7-5-3-4(9)1-2-6(5)8/h7-11H,12H2,1-6H3;7-8H,9H2,1-6H3;2-6H,7H2,1H3,(H,19,20);1-5H,6H2,(H2,18,19);1-3,9H. The van der Waals surface area contributed by atoms with Gasteiger partial charge in [-0.3, -0.25) is 4.72 Å².